The molecule has 8 nitrogen and oxygen atoms in total. The number of amides is 1. The zero-order chi connectivity index (χ0) is 31.2. The molecule has 0 bridgehead atoms. The van der Waals surface area contributed by atoms with Crippen LogP contribution in [0.5, 0.6) is 0 Å². The van der Waals surface area contributed by atoms with Gasteiger partial charge in [-0.05, 0) is 67.2 Å². The molecule has 0 radical (unpaired) electrons. The van der Waals surface area contributed by atoms with E-state index in [0.717, 1.165) is 29.7 Å². The van der Waals surface area contributed by atoms with Crippen molar-refractivity contribution >= 4 is 46.4 Å². The van der Waals surface area contributed by atoms with E-state index >= 15 is 0 Å². The Morgan fingerprint density at radius 1 is 1.21 bits per heavy atom. The average molecular weight is 644 g/mol. The molecule has 0 aliphatic carbocycles. The highest BCUT2D eigenvalue weighted by Gasteiger charge is 2.22. The standard InChI is InChI=1S/C32H40Cl2N6O2S/c1-4-42-14-6-13-37-32(43)39(20-26-7-5-8-29(33)31(26)34)21-27(15-23(2)3)38-30(41)16-28-18-36-22-40(28)19-25-11-9-24(17-35)10-12-25/h5,7-12,18,22-23,27H,4,6,13-16,19-21H2,1-3H3,(H,37,43)(H,38,41)/t27-/m0/s1. The number of carbonyl (C=O) groups excluding carboxylic acids is 1. The zero-order valence-corrected chi connectivity index (χ0v) is 27.3. The van der Waals surface area contributed by atoms with E-state index in [2.05, 4.69) is 35.5 Å². The number of hydrogen-bond donors (Lipinski definition) is 2. The van der Waals surface area contributed by atoms with Gasteiger partial charge in [-0.25, -0.2) is 4.98 Å². The first-order valence-corrected chi connectivity index (χ1v) is 15.7. The maximum Gasteiger partial charge on any atom is 0.226 e. The minimum atomic E-state index is -0.163. The summed E-state index contributed by atoms with van der Waals surface area (Å²) in [6.07, 6.45) is 5.21. The van der Waals surface area contributed by atoms with Crippen molar-refractivity contribution in [3.8, 4) is 6.07 Å². The number of ether oxygens (including phenoxy) is 1. The van der Waals surface area contributed by atoms with Gasteiger partial charge in [-0.2, -0.15) is 5.26 Å². The lowest BCUT2D eigenvalue weighted by Crippen LogP contribution is -2.49. The molecule has 0 aliphatic rings. The minimum Gasteiger partial charge on any atom is -0.382 e. The van der Waals surface area contributed by atoms with Crippen LogP contribution in [0.25, 0.3) is 0 Å². The van der Waals surface area contributed by atoms with Gasteiger partial charge in [0.05, 0.1) is 34.4 Å². The summed E-state index contributed by atoms with van der Waals surface area (Å²) in [4.78, 5) is 19.7. The molecule has 0 aliphatic heterocycles. The monoisotopic (exact) mass is 642 g/mol. The number of benzene rings is 2. The van der Waals surface area contributed by atoms with Crippen LogP contribution < -0.4 is 10.6 Å². The number of rotatable bonds is 16. The molecule has 0 spiro atoms. The van der Waals surface area contributed by atoms with E-state index in [0.29, 0.717) is 66.0 Å². The highest BCUT2D eigenvalue weighted by Crippen LogP contribution is 2.27. The molecule has 43 heavy (non-hydrogen) atoms. The molecule has 2 aromatic carbocycles. The van der Waals surface area contributed by atoms with Crippen molar-refractivity contribution in [2.24, 2.45) is 5.92 Å². The van der Waals surface area contributed by atoms with Crippen LogP contribution in [0.2, 0.25) is 10.0 Å². The molecule has 1 aromatic heterocycles. The fourth-order valence-corrected chi connectivity index (χ4v) is 5.32. The Balaban J connectivity index is 1.71. The van der Waals surface area contributed by atoms with Gasteiger partial charge in [0.25, 0.3) is 0 Å². The summed E-state index contributed by atoms with van der Waals surface area (Å²) < 4.78 is 7.40. The first-order valence-electron chi connectivity index (χ1n) is 14.5. The summed E-state index contributed by atoms with van der Waals surface area (Å²) in [5, 5.41) is 17.2. The summed E-state index contributed by atoms with van der Waals surface area (Å²) in [6.45, 7) is 9.73. The minimum absolute atomic E-state index is 0.0939. The van der Waals surface area contributed by atoms with E-state index < -0.39 is 0 Å². The van der Waals surface area contributed by atoms with E-state index in [-0.39, 0.29) is 18.4 Å². The second-order valence-electron chi connectivity index (χ2n) is 10.8. The molecule has 0 saturated heterocycles. The Bertz CT molecular complexity index is 1370. The van der Waals surface area contributed by atoms with Gasteiger partial charge in [0, 0.05) is 57.3 Å². The summed E-state index contributed by atoms with van der Waals surface area (Å²) in [7, 11) is 0. The quantitative estimate of drug-likeness (QED) is 0.146. The molecule has 11 heteroatoms. The number of imidazole rings is 1. The Hall–Kier alpha value is -3.16. The van der Waals surface area contributed by atoms with Crippen LogP contribution in [0, 0.1) is 17.2 Å². The molecule has 0 unspecified atom stereocenters. The number of aromatic nitrogens is 2. The summed E-state index contributed by atoms with van der Waals surface area (Å²) in [5.41, 5.74) is 3.29. The summed E-state index contributed by atoms with van der Waals surface area (Å²) in [5.74, 6) is 0.250. The first kappa shape index (κ1) is 34.3. The van der Waals surface area contributed by atoms with E-state index in [1.54, 1.807) is 30.7 Å². The van der Waals surface area contributed by atoms with Crippen molar-refractivity contribution in [1.29, 1.82) is 5.26 Å². The lowest BCUT2D eigenvalue weighted by molar-refractivity contribution is -0.121. The van der Waals surface area contributed by atoms with Crippen LogP contribution >= 0.6 is 35.4 Å². The molecule has 1 amide bonds. The van der Waals surface area contributed by atoms with E-state index in [1.807, 2.05) is 40.7 Å². The van der Waals surface area contributed by atoms with Crippen molar-refractivity contribution < 1.29 is 9.53 Å². The molecular weight excluding hydrogens is 603 g/mol. The molecule has 2 N–H and O–H groups in total. The molecule has 0 fully saturated rings. The molecule has 230 valence electrons. The SMILES string of the molecule is CCOCCCNC(=S)N(Cc1cccc(Cl)c1Cl)C[C@H](CC(C)C)NC(=O)Cc1cncn1Cc1ccc(C#N)cc1. The number of halogens is 2. The Morgan fingerprint density at radius 2 is 1.98 bits per heavy atom. The molecule has 0 saturated carbocycles. The Kier molecular flexibility index (Phi) is 14.2. The molecule has 1 atom stereocenters. The van der Waals surface area contributed by atoms with Crippen molar-refractivity contribution in [3.05, 3.63) is 87.4 Å². The highest BCUT2D eigenvalue weighted by atomic mass is 35.5. The third-order valence-electron chi connectivity index (χ3n) is 6.76. The Labute approximate surface area is 270 Å². The lowest BCUT2D eigenvalue weighted by Gasteiger charge is -2.32. The van der Waals surface area contributed by atoms with Crippen LogP contribution in [0.1, 0.15) is 56.0 Å². The third kappa shape index (κ3) is 11.5. The van der Waals surface area contributed by atoms with Crippen LogP contribution in [-0.4, -0.2) is 57.8 Å². The maximum atomic E-state index is 13.4. The number of hydrogen-bond acceptors (Lipinski definition) is 5. The largest absolute Gasteiger partial charge is 0.382 e. The first-order chi connectivity index (χ1) is 20.7. The number of nitrogens with zero attached hydrogens (tertiary/aromatic N) is 4. The van der Waals surface area contributed by atoms with Crippen molar-refractivity contribution in [3.63, 3.8) is 0 Å². The van der Waals surface area contributed by atoms with Crippen LogP contribution in [0.15, 0.2) is 55.0 Å². The fraction of sp³-hybridized carbons (Fsp3) is 0.438. The molecular formula is C32H40Cl2N6O2S. The van der Waals surface area contributed by atoms with Gasteiger partial charge in [0.2, 0.25) is 5.91 Å². The van der Waals surface area contributed by atoms with Gasteiger partial charge in [-0.3, -0.25) is 4.79 Å². The smallest absolute Gasteiger partial charge is 0.226 e. The van der Waals surface area contributed by atoms with Crippen molar-refractivity contribution in [2.45, 2.75) is 59.2 Å². The lowest BCUT2D eigenvalue weighted by atomic mass is 10.0. The second-order valence-corrected chi connectivity index (χ2v) is 11.9. The van der Waals surface area contributed by atoms with E-state index in [1.165, 1.54) is 0 Å². The van der Waals surface area contributed by atoms with Gasteiger partial charge < -0.3 is 24.8 Å². The molecule has 1 heterocycles. The fourth-order valence-electron chi connectivity index (χ4n) is 4.70. The van der Waals surface area contributed by atoms with E-state index in [4.69, 9.17) is 45.4 Å². The van der Waals surface area contributed by atoms with E-state index in [9.17, 15) is 4.79 Å². The maximum absolute atomic E-state index is 13.4. The molecule has 3 rings (SSSR count). The van der Waals surface area contributed by atoms with Crippen molar-refractivity contribution in [1.82, 2.24) is 25.1 Å². The normalized spacial score (nSPS) is 11.7. The van der Waals surface area contributed by atoms with Crippen LogP contribution in [-0.2, 0) is 29.0 Å². The summed E-state index contributed by atoms with van der Waals surface area (Å²) in [6, 6.07) is 14.9. The van der Waals surface area contributed by atoms with Gasteiger partial charge >= 0.3 is 0 Å². The van der Waals surface area contributed by atoms with Gasteiger partial charge in [-0.15, -0.1) is 0 Å². The topological polar surface area (TPSA) is 95.2 Å². The van der Waals surface area contributed by atoms with Gasteiger partial charge in [0.1, 0.15) is 0 Å². The third-order valence-corrected chi connectivity index (χ3v) is 8.02. The predicted molar refractivity (Wildman–Crippen MR) is 176 cm³/mol. The number of carbonyl (C=O) groups is 1. The van der Waals surface area contributed by atoms with Gasteiger partial charge in [0.15, 0.2) is 5.11 Å². The van der Waals surface area contributed by atoms with Crippen LogP contribution in [0.4, 0.5) is 0 Å². The highest BCUT2D eigenvalue weighted by molar-refractivity contribution is 7.80. The number of nitriles is 1. The Morgan fingerprint density at radius 3 is 2.67 bits per heavy atom. The second kappa shape index (κ2) is 17.8. The predicted octanol–water partition coefficient (Wildman–Crippen LogP) is 5.99. The zero-order valence-electron chi connectivity index (χ0n) is 25.0. The average Bonchev–Trinajstić information content (AvgIpc) is 3.40. The van der Waals surface area contributed by atoms with Gasteiger partial charge in [-0.1, -0.05) is 61.3 Å². The number of nitrogens with one attached hydrogen (secondary N) is 2. The number of thiocarbonyl (C=S) groups is 1. The van der Waals surface area contributed by atoms with Crippen LogP contribution in [0.3, 0.4) is 0 Å². The summed E-state index contributed by atoms with van der Waals surface area (Å²) >= 11 is 18.7. The molecule has 3 aromatic rings. The van der Waals surface area contributed by atoms with Crippen molar-refractivity contribution in [2.75, 3.05) is 26.3 Å².